The zero-order valence-corrected chi connectivity index (χ0v) is 55.0. The monoisotopic (exact) mass is 1200 g/mol. The maximum atomic E-state index is 4.78. The van der Waals surface area contributed by atoms with Crippen molar-refractivity contribution in [3.8, 4) is 112 Å². The molecule has 0 unspecified atom stereocenters. The predicted octanol–water partition coefficient (Wildman–Crippen LogP) is 19.4. The number of hydrogen-bond acceptors (Lipinski definition) is 11. The molecule has 11 nitrogen and oxygen atoms in total. The van der Waals surface area contributed by atoms with E-state index >= 15 is 0 Å². The van der Waals surface area contributed by atoms with E-state index in [1.807, 2.05) is 105 Å². The van der Waals surface area contributed by atoms with Crippen molar-refractivity contribution in [2.45, 2.75) is 96.9 Å². The third-order valence-electron chi connectivity index (χ3n) is 16.9. The van der Waals surface area contributed by atoms with Crippen LogP contribution in [0.4, 0.5) is 0 Å². The Morgan fingerprint density at radius 1 is 0.174 bits per heavy atom. The summed E-state index contributed by atoms with van der Waals surface area (Å²) >= 11 is 0. The van der Waals surface area contributed by atoms with Crippen molar-refractivity contribution in [2.75, 3.05) is 0 Å². The largest absolute Gasteiger partial charge is 0.256 e. The minimum Gasteiger partial charge on any atom is -0.256 e. The van der Waals surface area contributed by atoms with E-state index in [9.17, 15) is 0 Å². The minimum atomic E-state index is 0.773. The van der Waals surface area contributed by atoms with Gasteiger partial charge in [-0.1, -0.05) is 182 Å². The Hall–Kier alpha value is -10.9. The Bertz CT molecular complexity index is 4660. The number of pyridine rings is 1. The van der Waals surface area contributed by atoms with Crippen LogP contribution in [-0.4, -0.2) is 54.8 Å². The molecular weight excluding hydrogens is 1130 g/mol. The van der Waals surface area contributed by atoms with Crippen LogP contribution in [0.1, 0.15) is 79.7 Å². The van der Waals surface area contributed by atoms with Crippen molar-refractivity contribution in [1.29, 1.82) is 0 Å². The van der Waals surface area contributed by atoms with Gasteiger partial charge in [0.25, 0.3) is 0 Å². The Labute approximate surface area is 541 Å². The molecule has 454 valence electrons. The summed E-state index contributed by atoms with van der Waals surface area (Å²) in [6.45, 7) is 28.3. The lowest BCUT2D eigenvalue weighted by atomic mass is 9.97. The Kier molecular flexibility index (Phi) is 18.7. The van der Waals surface area contributed by atoms with Gasteiger partial charge in [-0.05, 0) is 165 Å². The van der Waals surface area contributed by atoms with Gasteiger partial charge in [-0.15, -0.1) is 0 Å². The van der Waals surface area contributed by atoms with Crippen molar-refractivity contribution < 1.29 is 0 Å². The summed E-state index contributed by atoms with van der Waals surface area (Å²) in [7, 11) is 0. The summed E-state index contributed by atoms with van der Waals surface area (Å²) in [5.41, 5.74) is 31.5. The lowest BCUT2D eigenvalue weighted by molar-refractivity contribution is 0.991. The number of rotatable bonds is 10. The molecule has 0 aliphatic carbocycles. The van der Waals surface area contributed by atoms with Crippen LogP contribution in [0, 0.1) is 96.9 Å². The molecular formula is C81H75N11. The van der Waals surface area contributed by atoms with Crippen LogP contribution in [0.2, 0.25) is 0 Å². The second kappa shape index (κ2) is 27.5. The second-order valence-corrected chi connectivity index (χ2v) is 23.5. The zero-order valence-electron chi connectivity index (χ0n) is 55.0. The standard InChI is InChI=1S/C31H28N4.C26H26N4.C24H21N3/c1-19-21(3)32-22(4)33-29(19)27-15-11-24(12-16-27)25-13-17-28(18-14-25)31-20(2)30(34-23(5)35-31)26-9-7-6-8-10-26;1-15-17(3)27-19(5)29-25(15)23-11-7-21(8-12-23)22-9-13-24(14-10-22)26-16(2)18(4)28-20(6)30-26;1-16-17(2)26-18(3)27-24(16)22-13-9-20(10-14-22)19-7-11-21(12-8-19)23-6-4-5-15-25-23/h6-18H,1-5H3;7-14H,1-6H3;4-15H,1-3H3. The van der Waals surface area contributed by atoms with Gasteiger partial charge in [0.1, 0.15) is 29.1 Å². The van der Waals surface area contributed by atoms with Gasteiger partial charge >= 0.3 is 0 Å². The lowest BCUT2D eigenvalue weighted by Crippen LogP contribution is -1.99. The van der Waals surface area contributed by atoms with E-state index in [2.05, 4.69) is 237 Å². The van der Waals surface area contributed by atoms with E-state index in [0.29, 0.717) is 0 Å². The molecule has 7 aromatic carbocycles. The first-order valence-electron chi connectivity index (χ1n) is 31.1. The highest BCUT2D eigenvalue weighted by molar-refractivity contribution is 5.78. The van der Waals surface area contributed by atoms with Gasteiger partial charge in [-0.3, -0.25) is 4.98 Å². The van der Waals surface area contributed by atoms with Crippen molar-refractivity contribution in [1.82, 2.24) is 54.8 Å². The fourth-order valence-corrected chi connectivity index (χ4v) is 11.5. The van der Waals surface area contributed by atoms with Gasteiger partial charge in [-0.2, -0.15) is 0 Å². The third kappa shape index (κ3) is 14.1. The van der Waals surface area contributed by atoms with Crippen LogP contribution in [0.5, 0.6) is 0 Å². The van der Waals surface area contributed by atoms with E-state index in [-0.39, 0.29) is 0 Å². The summed E-state index contributed by atoms with van der Waals surface area (Å²) in [4.78, 5) is 50.3. The SMILES string of the molecule is Cc1nc(C)c(C)c(-c2ccc(-c3ccc(-c4ccccn4)cc3)cc2)n1.Cc1nc(C)c(C)c(-c2ccc(-c3ccc(-c4nc(C)nc(-c5ccccc5)c4C)cc3)cc2)n1.Cc1nc(C)c(C)c(-c2ccc(-c3ccc(-c4nc(C)nc(C)c4C)cc3)cc2)n1. The summed E-state index contributed by atoms with van der Waals surface area (Å²) in [6.07, 6.45) is 1.82. The highest BCUT2D eigenvalue weighted by Crippen LogP contribution is 2.35. The summed E-state index contributed by atoms with van der Waals surface area (Å²) in [6, 6.07) is 67.7. The van der Waals surface area contributed by atoms with Crippen LogP contribution in [-0.2, 0) is 0 Å². The van der Waals surface area contributed by atoms with Crippen molar-refractivity contribution in [3.63, 3.8) is 0 Å². The fourth-order valence-electron chi connectivity index (χ4n) is 11.5. The smallest absolute Gasteiger partial charge is 0.126 e. The van der Waals surface area contributed by atoms with Crippen molar-refractivity contribution in [3.05, 3.63) is 280 Å². The molecule has 0 bridgehead atoms. The van der Waals surface area contributed by atoms with Crippen LogP contribution < -0.4 is 0 Å². The van der Waals surface area contributed by atoms with Gasteiger partial charge in [0.2, 0.25) is 0 Å². The summed E-state index contributed by atoms with van der Waals surface area (Å²) < 4.78 is 0. The molecule has 0 N–H and O–H groups in total. The van der Waals surface area contributed by atoms with Crippen LogP contribution in [0.15, 0.2) is 200 Å². The van der Waals surface area contributed by atoms with Gasteiger partial charge in [0, 0.05) is 73.5 Å². The lowest BCUT2D eigenvalue weighted by Gasteiger charge is -2.13. The normalized spacial score (nSPS) is 10.9. The maximum Gasteiger partial charge on any atom is 0.126 e. The average Bonchev–Trinajstić information content (AvgIpc) is 1.27. The molecule has 0 aliphatic heterocycles. The molecule has 92 heavy (non-hydrogen) atoms. The van der Waals surface area contributed by atoms with Gasteiger partial charge in [0.15, 0.2) is 0 Å². The molecule has 13 aromatic rings. The number of benzene rings is 7. The first-order valence-corrected chi connectivity index (χ1v) is 31.1. The molecule has 6 aromatic heterocycles. The fraction of sp³-hybridized carbons (Fsp3) is 0.173. The molecule has 6 heterocycles. The topological polar surface area (TPSA) is 142 Å². The molecule has 0 radical (unpaired) electrons. The van der Waals surface area contributed by atoms with E-state index in [1.165, 1.54) is 33.4 Å². The van der Waals surface area contributed by atoms with Crippen LogP contribution in [0.3, 0.4) is 0 Å². The van der Waals surface area contributed by atoms with Crippen LogP contribution >= 0.6 is 0 Å². The Morgan fingerprint density at radius 2 is 0.380 bits per heavy atom. The van der Waals surface area contributed by atoms with E-state index in [0.717, 1.165) is 159 Å². The van der Waals surface area contributed by atoms with Crippen LogP contribution in [0.25, 0.3) is 112 Å². The van der Waals surface area contributed by atoms with E-state index < -0.39 is 0 Å². The average molecular weight is 1200 g/mol. The first kappa shape index (κ1) is 62.7. The molecule has 11 heteroatoms. The molecule has 0 atom stereocenters. The molecule has 0 saturated carbocycles. The Morgan fingerprint density at radius 3 is 0.630 bits per heavy atom. The number of aromatic nitrogens is 11. The van der Waals surface area contributed by atoms with Crippen molar-refractivity contribution in [2.24, 2.45) is 0 Å². The van der Waals surface area contributed by atoms with Gasteiger partial charge in [-0.25, -0.2) is 49.8 Å². The zero-order chi connectivity index (χ0) is 64.7. The minimum absolute atomic E-state index is 0.773. The second-order valence-electron chi connectivity index (χ2n) is 23.5. The van der Waals surface area contributed by atoms with Crippen molar-refractivity contribution >= 4 is 0 Å². The predicted molar refractivity (Wildman–Crippen MR) is 376 cm³/mol. The third-order valence-corrected chi connectivity index (χ3v) is 16.9. The molecule has 0 aliphatic rings. The number of hydrogen-bond donors (Lipinski definition) is 0. The highest BCUT2D eigenvalue weighted by Gasteiger charge is 2.16. The quantitative estimate of drug-likeness (QED) is 0.129. The maximum absolute atomic E-state index is 4.78. The molecule has 0 amide bonds. The molecule has 0 fully saturated rings. The number of aryl methyl sites for hydroxylation is 9. The summed E-state index contributed by atoms with van der Waals surface area (Å²) in [5.74, 6) is 3.99. The Balaban J connectivity index is 0.000000143. The number of nitrogens with zero attached hydrogens (tertiary/aromatic N) is 11. The molecule has 13 rings (SSSR count). The first-order chi connectivity index (χ1) is 44.3. The highest BCUT2D eigenvalue weighted by atomic mass is 14.9. The van der Waals surface area contributed by atoms with Gasteiger partial charge in [0.05, 0.1) is 39.9 Å². The van der Waals surface area contributed by atoms with Gasteiger partial charge < -0.3 is 0 Å². The molecule has 0 spiro atoms. The summed E-state index contributed by atoms with van der Waals surface area (Å²) in [5, 5.41) is 0. The van der Waals surface area contributed by atoms with E-state index in [4.69, 9.17) is 9.97 Å². The molecule has 0 saturated heterocycles. The van der Waals surface area contributed by atoms with E-state index in [1.54, 1.807) is 0 Å².